The summed E-state index contributed by atoms with van der Waals surface area (Å²) in [6, 6.07) is 7.99. The molecule has 1 aromatic carbocycles. The number of carbonyl (C=O) groups is 1. The fraction of sp³-hybridized carbons (Fsp3) is 0.214. The summed E-state index contributed by atoms with van der Waals surface area (Å²) >= 11 is 0. The predicted octanol–water partition coefficient (Wildman–Crippen LogP) is 1.46. The fourth-order valence-corrected chi connectivity index (χ4v) is 1.35. The van der Waals surface area contributed by atoms with Gasteiger partial charge in [0, 0.05) is 19.8 Å². The maximum absolute atomic E-state index is 10.3. The number of hydrogen-bond acceptors (Lipinski definition) is 3. The molecule has 0 spiro atoms. The van der Waals surface area contributed by atoms with E-state index < -0.39 is 5.97 Å². The Balaban J connectivity index is 2.76. The standard InChI is InChI=1S/C14H17NO2/c1-11(10-14(16)17)4-5-12-6-8-13(9-7-12)15(2)3/h4-10H,1-3H3,(H,16,17)/p-1/b5-4+,11-10-. The number of carbonyl (C=O) groups excluding carboxylic acids is 1. The molecule has 0 aliphatic heterocycles. The zero-order valence-electron chi connectivity index (χ0n) is 10.3. The highest BCUT2D eigenvalue weighted by Gasteiger charge is 1.93. The molecule has 0 amide bonds. The molecule has 0 saturated carbocycles. The molecule has 0 unspecified atom stereocenters. The lowest BCUT2D eigenvalue weighted by Gasteiger charge is -2.11. The summed E-state index contributed by atoms with van der Waals surface area (Å²) in [5.74, 6) is -1.17. The summed E-state index contributed by atoms with van der Waals surface area (Å²) in [6.07, 6.45) is 4.69. The van der Waals surface area contributed by atoms with Crippen LogP contribution in [0, 0.1) is 0 Å². The van der Waals surface area contributed by atoms with E-state index in [9.17, 15) is 9.90 Å². The van der Waals surface area contributed by atoms with Crippen molar-refractivity contribution in [3.63, 3.8) is 0 Å². The van der Waals surface area contributed by atoms with Crippen LogP contribution in [-0.4, -0.2) is 20.1 Å². The summed E-state index contributed by atoms with van der Waals surface area (Å²) in [6.45, 7) is 1.72. The number of hydrogen-bond donors (Lipinski definition) is 0. The Labute approximate surface area is 102 Å². The second-order valence-corrected chi connectivity index (χ2v) is 4.03. The summed E-state index contributed by atoms with van der Waals surface area (Å²) in [7, 11) is 3.97. The number of anilines is 1. The van der Waals surface area contributed by atoms with Crippen molar-refractivity contribution in [2.45, 2.75) is 6.92 Å². The first-order valence-electron chi connectivity index (χ1n) is 5.34. The molecule has 0 heterocycles. The van der Waals surface area contributed by atoms with Gasteiger partial charge in [-0.1, -0.05) is 24.3 Å². The maximum Gasteiger partial charge on any atom is 0.0645 e. The van der Waals surface area contributed by atoms with Gasteiger partial charge in [-0.05, 0) is 36.3 Å². The summed E-state index contributed by atoms with van der Waals surface area (Å²) in [5, 5.41) is 10.3. The monoisotopic (exact) mass is 230 g/mol. The molecule has 90 valence electrons. The van der Waals surface area contributed by atoms with E-state index in [0.29, 0.717) is 5.57 Å². The molecular formula is C14H16NO2-. The van der Waals surface area contributed by atoms with Crippen molar-refractivity contribution in [2.24, 2.45) is 0 Å². The average Bonchev–Trinajstić information content (AvgIpc) is 2.26. The summed E-state index contributed by atoms with van der Waals surface area (Å²) < 4.78 is 0. The Morgan fingerprint density at radius 1 is 1.24 bits per heavy atom. The molecule has 1 aromatic rings. The van der Waals surface area contributed by atoms with Crippen LogP contribution >= 0.6 is 0 Å². The van der Waals surface area contributed by atoms with E-state index in [1.807, 2.05) is 49.3 Å². The third-order valence-corrected chi connectivity index (χ3v) is 2.29. The van der Waals surface area contributed by atoms with Crippen LogP contribution in [0.25, 0.3) is 6.08 Å². The van der Waals surface area contributed by atoms with E-state index in [4.69, 9.17) is 0 Å². The topological polar surface area (TPSA) is 43.4 Å². The van der Waals surface area contributed by atoms with Crippen LogP contribution in [0.15, 0.2) is 42.0 Å². The third kappa shape index (κ3) is 4.55. The number of rotatable bonds is 4. The van der Waals surface area contributed by atoms with Crippen molar-refractivity contribution in [1.29, 1.82) is 0 Å². The Bertz CT molecular complexity index is 442. The van der Waals surface area contributed by atoms with E-state index in [-0.39, 0.29) is 0 Å². The van der Waals surface area contributed by atoms with Gasteiger partial charge in [-0.3, -0.25) is 0 Å². The highest BCUT2D eigenvalue weighted by molar-refractivity contribution is 5.79. The van der Waals surface area contributed by atoms with Crippen molar-refractivity contribution in [2.75, 3.05) is 19.0 Å². The smallest absolute Gasteiger partial charge is 0.0645 e. The van der Waals surface area contributed by atoms with Crippen molar-refractivity contribution in [1.82, 2.24) is 0 Å². The average molecular weight is 230 g/mol. The molecule has 0 aromatic heterocycles. The molecule has 3 heteroatoms. The number of carboxylic acid groups (broad SMARTS) is 1. The SMILES string of the molecule is CC(=C/C(=O)[O-])/C=C/c1ccc(N(C)C)cc1. The highest BCUT2D eigenvalue weighted by atomic mass is 16.4. The van der Waals surface area contributed by atoms with Gasteiger partial charge in [0.15, 0.2) is 0 Å². The molecule has 0 bridgehead atoms. The molecule has 0 aliphatic rings. The summed E-state index contributed by atoms with van der Waals surface area (Å²) in [4.78, 5) is 12.3. The number of allylic oxidation sites excluding steroid dienone is 2. The van der Waals surface area contributed by atoms with Gasteiger partial charge in [0.1, 0.15) is 0 Å². The van der Waals surface area contributed by atoms with Gasteiger partial charge in [0.25, 0.3) is 0 Å². The quantitative estimate of drug-likeness (QED) is 0.581. The maximum atomic E-state index is 10.3. The first-order chi connectivity index (χ1) is 7.99. The van der Waals surface area contributed by atoms with Crippen LogP contribution in [0.3, 0.4) is 0 Å². The van der Waals surface area contributed by atoms with Crippen molar-refractivity contribution in [3.8, 4) is 0 Å². The van der Waals surface area contributed by atoms with Crippen molar-refractivity contribution in [3.05, 3.63) is 47.6 Å². The van der Waals surface area contributed by atoms with Gasteiger partial charge in [-0.2, -0.15) is 0 Å². The van der Waals surface area contributed by atoms with E-state index >= 15 is 0 Å². The number of nitrogens with zero attached hydrogens (tertiary/aromatic N) is 1. The van der Waals surface area contributed by atoms with Crippen LogP contribution in [0.4, 0.5) is 5.69 Å². The highest BCUT2D eigenvalue weighted by Crippen LogP contribution is 2.13. The van der Waals surface area contributed by atoms with E-state index in [1.165, 1.54) is 0 Å². The lowest BCUT2D eigenvalue weighted by atomic mass is 10.1. The third-order valence-electron chi connectivity index (χ3n) is 2.29. The predicted molar refractivity (Wildman–Crippen MR) is 68.6 cm³/mol. The second-order valence-electron chi connectivity index (χ2n) is 4.03. The minimum Gasteiger partial charge on any atom is -0.545 e. The van der Waals surface area contributed by atoms with E-state index in [2.05, 4.69) is 0 Å². The Hall–Kier alpha value is -2.03. The molecule has 0 fully saturated rings. The van der Waals surface area contributed by atoms with Gasteiger partial charge in [-0.15, -0.1) is 0 Å². The Kier molecular flexibility index (Phi) is 4.52. The molecule has 0 radical (unpaired) electrons. The van der Waals surface area contributed by atoms with Crippen LogP contribution < -0.4 is 10.0 Å². The second kappa shape index (κ2) is 5.89. The van der Waals surface area contributed by atoms with Crippen molar-refractivity contribution < 1.29 is 9.90 Å². The largest absolute Gasteiger partial charge is 0.545 e. The van der Waals surface area contributed by atoms with Gasteiger partial charge >= 0.3 is 0 Å². The zero-order chi connectivity index (χ0) is 12.8. The Morgan fingerprint density at radius 3 is 2.29 bits per heavy atom. The minimum atomic E-state index is -1.17. The van der Waals surface area contributed by atoms with Crippen LogP contribution in [-0.2, 0) is 4.79 Å². The minimum absolute atomic E-state index is 0.654. The first-order valence-corrected chi connectivity index (χ1v) is 5.34. The van der Waals surface area contributed by atoms with Crippen molar-refractivity contribution >= 4 is 17.7 Å². The molecule has 0 aliphatic carbocycles. The van der Waals surface area contributed by atoms with E-state index in [1.54, 1.807) is 13.0 Å². The van der Waals surface area contributed by atoms with E-state index in [0.717, 1.165) is 17.3 Å². The van der Waals surface area contributed by atoms with Crippen LogP contribution in [0.1, 0.15) is 12.5 Å². The lowest BCUT2D eigenvalue weighted by molar-refractivity contribution is -0.297. The zero-order valence-corrected chi connectivity index (χ0v) is 10.3. The lowest BCUT2D eigenvalue weighted by Crippen LogP contribution is -2.19. The first kappa shape index (κ1) is 13.0. The van der Waals surface area contributed by atoms with Gasteiger partial charge in [0.2, 0.25) is 0 Å². The molecule has 0 saturated heterocycles. The fourth-order valence-electron chi connectivity index (χ4n) is 1.35. The number of aliphatic carboxylic acids is 1. The van der Waals surface area contributed by atoms with Crippen LogP contribution in [0.5, 0.6) is 0 Å². The molecule has 0 N–H and O–H groups in total. The number of benzene rings is 1. The molecule has 1 rings (SSSR count). The molecule has 17 heavy (non-hydrogen) atoms. The molecular weight excluding hydrogens is 214 g/mol. The Morgan fingerprint density at radius 2 is 1.82 bits per heavy atom. The molecule has 3 nitrogen and oxygen atoms in total. The van der Waals surface area contributed by atoms with Gasteiger partial charge in [0.05, 0.1) is 5.97 Å². The summed E-state index contributed by atoms with van der Waals surface area (Å²) in [5.41, 5.74) is 2.81. The van der Waals surface area contributed by atoms with Crippen LogP contribution in [0.2, 0.25) is 0 Å². The normalized spacial score (nSPS) is 11.8. The van der Waals surface area contributed by atoms with Gasteiger partial charge in [-0.25, -0.2) is 0 Å². The van der Waals surface area contributed by atoms with Gasteiger partial charge < -0.3 is 14.8 Å². The molecule has 0 atom stereocenters. The number of carboxylic acids is 1.